The van der Waals surface area contributed by atoms with E-state index in [9.17, 15) is 30.0 Å². The molecule has 0 aliphatic rings. The predicted octanol–water partition coefficient (Wildman–Crippen LogP) is 17.7. The van der Waals surface area contributed by atoms with E-state index in [1.54, 1.807) is 0 Å². The summed E-state index contributed by atoms with van der Waals surface area (Å²) in [4.78, 5) is 13.4. The number of carbonyl (C=O) groups excluding carboxylic acids is 1. The van der Waals surface area contributed by atoms with Gasteiger partial charge in [-0.2, -0.15) is 4.57 Å². The first-order valence-electron chi connectivity index (χ1n) is 23.4. The third-order valence-corrected chi connectivity index (χ3v) is 10.8. The Bertz CT molecular complexity index is 1110. The fraction of sp³-hybridized carbons (Fsp3) is 0.830. The Morgan fingerprint density at radius 2 is 0.776 bits per heavy atom. The van der Waals surface area contributed by atoms with Gasteiger partial charge in [0.2, 0.25) is 0 Å². The van der Waals surface area contributed by atoms with Gasteiger partial charge in [-0.1, -0.05) is 200 Å². The molecule has 1 unspecified atom stereocenters. The first-order chi connectivity index (χ1) is 27.3. The molecule has 0 saturated heterocycles. The van der Waals surface area contributed by atoms with Crippen LogP contribution in [0.3, 0.4) is 0 Å². The number of aryl methyl sites for hydroxylation is 3. The molecule has 344 valence electrons. The van der Waals surface area contributed by atoms with Crippen molar-refractivity contribution in [1.29, 1.82) is 0 Å². The normalized spacial score (nSPS) is 13.3. The minimum atomic E-state index is -10.7. The van der Waals surface area contributed by atoms with E-state index in [0.29, 0.717) is 25.5 Å². The van der Waals surface area contributed by atoms with Crippen LogP contribution in [0.4, 0.5) is 25.2 Å². The van der Waals surface area contributed by atoms with Crippen LogP contribution >= 0.6 is 7.81 Å². The number of pyridine rings is 1. The van der Waals surface area contributed by atoms with Crippen molar-refractivity contribution in [2.24, 2.45) is 5.92 Å². The number of carbonyl (C=O) groups is 1. The summed E-state index contributed by atoms with van der Waals surface area (Å²) in [7, 11) is -10.7. The van der Waals surface area contributed by atoms with Gasteiger partial charge >= 0.3 is 39.0 Å². The van der Waals surface area contributed by atoms with Crippen LogP contribution in [0.2, 0.25) is 0 Å². The first-order valence-corrected chi connectivity index (χ1v) is 25.4. The van der Waals surface area contributed by atoms with Crippen molar-refractivity contribution in [3.8, 4) is 0 Å². The topological polar surface area (TPSA) is 39.4 Å². The molecule has 0 aliphatic carbocycles. The molecule has 1 aromatic rings. The van der Waals surface area contributed by atoms with Crippen LogP contribution < -0.4 is 4.57 Å². The van der Waals surface area contributed by atoms with E-state index in [-0.39, 0.29) is 5.97 Å². The average molecular weight is 858 g/mol. The third-order valence-electron chi connectivity index (χ3n) is 10.8. The Labute approximate surface area is 351 Å². The number of aromatic nitrogens is 1. The quantitative estimate of drug-likeness (QED) is 0.0167. The SMILES string of the molecule is C=C(OCCCCCCCCCCCCCCCCC)C(C[n+]1c(C)cc(C)cc1C)C(=O)OCCCCCCCCCCCCCCCCC.F[P-](F)(F)(F)(F)F. The van der Waals surface area contributed by atoms with Gasteiger partial charge in [0.15, 0.2) is 23.9 Å². The second-order valence-corrected chi connectivity index (χ2v) is 18.7. The van der Waals surface area contributed by atoms with E-state index >= 15 is 0 Å². The molecule has 0 N–H and O–H groups in total. The van der Waals surface area contributed by atoms with Gasteiger partial charge in [-0.25, -0.2) is 0 Å². The van der Waals surface area contributed by atoms with Crippen LogP contribution in [0.1, 0.15) is 223 Å². The van der Waals surface area contributed by atoms with Gasteiger partial charge in [-0.15, -0.1) is 0 Å². The van der Waals surface area contributed by atoms with Crippen molar-refractivity contribution in [3.05, 3.63) is 41.4 Å². The Morgan fingerprint density at radius 1 is 0.517 bits per heavy atom. The minimum absolute atomic E-state index is 0.200. The number of hydrogen-bond acceptors (Lipinski definition) is 3. The van der Waals surface area contributed by atoms with E-state index < -0.39 is 13.7 Å². The maximum absolute atomic E-state index is 13.4. The Hall–Kier alpha value is -1.83. The average Bonchev–Trinajstić information content (AvgIpc) is 3.12. The number of halogens is 6. The molecule has 0 amide bonds. The summed E-state index contributed by atoms with van der Waals surface area (Å²) in [5.74, 6) is -0.148. The van der Waals surface area contributed by atoms with E-state index in [0.717, 1.165) is 30.7 Å². The zero-order valence-corrected chi connectivity index (χ0v) is 38.6. The number of unbranched alkanes of at least 4 members (excludes halogenated alkanes) is 28. The predicted molar refractivity (Wildman–Crippen MR) is 234 cm³/mol. The van der Waals surface area contributed by atoms with E-state index in [1.165, 1.54) is 179 Å². The molecule has 0 aromatic carbocycles. The molecule has 11 heteroatoms. The van der Waals surface area contributed by atoms with E-state index in [4.69, 9.17) is 9.47 Å². The van der Waals surface area contributed by atoms with Crippen LogP contribution in [-0.4, -0.2) is 19.2 Å². The number of hydrogen-bond donors (Lipinski definition) is 0. The number of rotatable bonds is 37. The molecule has 0 fully saturated rings. The maximum atomic E-state index is 13.4. The standard InChI is InChI=1S/C47H86NO3.F6P/c1-7-9-11-13-15-17-19-21-23-25-27-29-31-33-35-37-50-45(6)46(41-48-43(4)39-42(3)40-44(48)5)47(49)51-38-36-34-32-30-28-26-24-22-20-18-16-14-12-10-8-2;1-7(2,3,4,5)6/h39-40,46H,6-38,41H2,1-5H3;/q+1;-1. The number of nitrogens with zero attached hydrogens (tertiary/aromatic N) is 1. The Morgan fingerprint density at radius 3 is 1.07 bits per heavy atom. The van der Waals surface area contributed by atoms with Gasteiger partial charge in [0.1, 0.15) is 5.76 Å². The summed E-state index contributed by atoms with van der Waals surface area (Å²) >= 11 is 0. The van der Waals surface area contributed by atoms with Gasteiger partial charge in [-0.3, -0.25) is 4.79 Å². The second kappa shape index (κ2) is 32.0. The van der Waals surface area contributed by atoms with Crippen LogP contribution in [0.15, 0.2) is 24.5 Å². The summed E-state index contributed by atoms with van der Waals surface area (Å²) in [5.41, 5.74) is 3.52. The van der Waals surface area contributed by atoms with Crippen LogP contribution in [-0.2, 0) is 20.8 Å². The summed E-state index contributed by atoms with van der Waals surface area (Å²) < 4.78 is 73.4. The Balaban J connectivity index is 0.00000422. The summed E-state index contributed by atoms with van der Waals surface area (Å²) in [6.45, 7) is 16.8. The Kier molecular flexibility index (Phi) is 31.0. The zero-order chi connectivity index (χ0) is 43.6. The summed E-state index contributed by atoms with van der Waals surface area (Å²) in [6.07, 6.45) is 40.1. The van der Waals surface area contributed by atoms with E-state index in [2.05, 4.69) is 57.9 Å². The van der Waals surface area contributed by atoms with Crippen molar-refractivity contribution in [2.75, 3.05) is 13.2 Å². The third kappa shape index (κ3) is 39.6. The van der Waals surface area contributed by atoms with Crippen LogP contribution in [0.25, 0.3) is 0 Å². The van der Waals surface area contributed by atoms with Crippen molar-refractivity contribution < 1.29 is 44.0 Å². The molecule has 1 rings (SSSR count). The van der Waals surface area contributed by atoms with Gasteiger partial charge < -0.3 is 9.47 Å². The summed E-state index contributed by atoms with van der Waals surface area (Å²) in [5, 5.41) is 0. The van der Waals surface area contributed by atoms with E-state index in [1.807, 2.05) is 0 Å². The van der Waals surface area contributed by atoms with Gasteiger partial charge in [0.05, 0.1) is 13.2 Å². The molecule has 58 heavy (non-hydrogen) atoms. The van der Waals surface area contributed by atoms with Gasteiger partial charge in [-0.05, 0) is 25.3 Å². The molecular formula is C47H86F6NO3P. The molecular weight excluding hydrogens is 771 g/mol. The molecule has 0 radical (unpaired) electrons. The monoisotopic (exact) mass is 858 g/mol. The molecule has 1 heterocycles. The second-order valence-electron chi connectivity index (χ2n) is 16.8. The molecule has 0 saturated carbocycles. The fourth-order valence-electron chi connectivity index (χ4n) is 7.44. The van der Waals surface area contributed by atoms with Gasteiger partial charge in [0, 0.05) is 26.0 Å². The van der Waals surface area contributed by atoms with Crippen molar-refractivity contribution in [2.45, 2.75) is 234 Å². The number of esters is 1. The van der Waals surface area contributed by atoms with Crippen molar-refractivity contribution in [1.82, 2.24) is 0 Å². The number of ether oxygens (including phenoxy) is 2. The van der Waals surface area contributed by atoms with Crippen molar-refractivity contribution in [3.63, 3.8) is 0 Å². The molecule has 0 bridgehead atoms. The molecule has 1 aromatic heterocycles. The van der Waals surface area contributed by atoms with Gasteiger partial charge in [0.25, 0.3) is 0 Å². The zero-order valence-electron chi connectivity index (χ0n) is 37.7. The fourth-order valence-corrected chi connectivity index (χ4v) is 7.44. The molecule has 0 spiro atoms. The summed E-state index contributed by atoms with van der Waals surface area (Å²) in [6, 6.07) is 4.34. The first kappa shape index (κ1) is 56.2. The molecule has 4 nitrogen and oxygen atoms in total. The van der Waals surface area contributed by atoms with Crippen LogP contribution in [0, 0.1) is 26.7 Å². The van der Waals surface area contributed by atoms with Crippen LogP contribution in [0.5, 0.6) is 0 Å². The molecule has 0 aliphatic heterocycles. The van der Waals surface area contributed by atoms with Crippen molar-refractivity contribution >= 4 is 13.8 Å². The molecule has 1 atom stereocenters.